The molecule has 0 bridgehead atoms. The zero-order valence-electron chi connectivity index (χ0n) is 19.2. The van der Waals surface area contributed by atoms with Gasteiger partial charge in [0.1, 0.15) is 5.60 Å². The fourth-order valence-electron chi connectivity index (χ4n) is 4.52. The van der Waals surface area contributed by atoms with Gasteiger partial charge in [-0.25, -0.2) is 0 Å². The molecule has 0 spiro atoms. The van der Waals surface area contributed by atoms with Crippen molar-refractivity contribution in [2.24, 2.45) is 0 Å². The number of hydrogen-bond donors (Lipinski definition) is 1. The number of halogens is 6. The van der Waals surface area contributed by atoms with Crippen molar-refractivity contribution in [3.63, 3.8) is 0 Å². The number of aliphatic hydroxyl groups excluding tert-OH is 1. The van der Waals surface area contributed by atoms with Crippen molar-refractivity contribution in [3.8, 4) is 0 Å². The molecular weight excluding hydrogens is 496 g/mol. The Kier molecular flexibility index (Phi) is 7.89. The predicted octanol–water partition coefficient (Wildman–Crippen LogP) is 6.25. The fourth-order valence-corrected chi connectivity index (χ4v) is 4.52. The third kappa shape index (κ3) is 6.28. The van der Waals surface area contributed by atoms with Crippen LogP contribution in [-0.4, -0.2) is 29.0 Å². The van der Waals surface area contributed by atoms with Gasteiger partial charge in [-0.1, -0.05) is 30.3 Å². The molecule has 1 fully saturated rings. The Morgan fingerprint density at radius 2 is 1.50 bits per heavy atom. The summed E-state index contributed by atoms with van der Waals surface area (Å²) in [5.74, 6) is 0. The summed E-state index contributed by atoms with van der Waals surface area (Å²) >= 11 is 0. The lowest BCUT2D eigenvalue weighted by Gasteiger charge is -2.45. The van der Waals surface area contributed by atoms with Crippen molar-refractivity contribution in [1.29, 1.82) is 0 Å². The van der Waals surface area contributed by atoms with E-state index in [4.69, 9.17) is 9.57 Å². The summed E-state index contributed by atoms with van der Waals surface area (Å²) < 4.78 is 85.5. The number of ether oxygens (including phenoxy) is 1. The number of alkyl halides is 6. The molecule has 0 radical (unpaired) electrons. The standard InChI is InChI=1S/C24H25F6NO5/c1-16(17-11-19(23(25,26)27)13-20(12-17)24(28,29)30)35-15-21(18-5-3-2-4-6-18)7-9-22(14-32,10-8-21)36-31(33)34/h2-6,11-13,16,32H,7-10,14-15H2,1H3/t16-,21?,22?/m1/s1. The molecule has 0 amide bonds. The molecule has 1 aliphatic carbocycles. The van der Waals surface area contributed by atoms with Crippen LogP contribution in [0.5, 0.6) is 0 Å². The highest BCUT2D eigenvalue weighted by atomic mass is 19.4. The SMILES string of the molecule is C[C@@H](OCC1(c2ccccc2)CCC(CO)(O[N+](=O)[O-])CC1)c1cc(C(F)(F)F)cc(C(F)(F)F)c1. The van der Waals surface area contributed by atoms with Crippen LogP contribution in [0.25, 0.3) is 0 Å². The molecule has 0 heterocycles. The van der Waals surface area contributed by atoms with Crippen molar-refractivity contribution in [3.05, 3.63) is 80.9 Å². The first-order valence-electron chi connectivity index (χ1n) is 11.1. The number of nitrogens with zero attached hydrogens (tertiary/aromatic N) is 1. The second kappa shape index (κ2) is 10.3. The summed E-state index contributed by atoms with van der Waals surface area (Å²) in [6, 6.07) is 10.3. The smallest absolute Gasteiger partial charge is 0.394 e. The highest BCUT2D eigenvalue weighted by molar-refractivity contribution is 5.35. The molecular formula is C24H25F6NO5. The Hall–Kier alpha value is -2.86. The Morgan fingerprint density at radius 3 is 1.94 bits per heavy atom. The van der Waals surface area contributed by atoms with Gasteiger partial charge < -0.3 is 14.7 Å². The maximum atomic E-state index is 13.3. The first kappa shape index (κ1) is 27.7. The lowest BCUT2D eigenvalue weighted by Crippen LogP contribution is -2.48. The van der Waals surface area contributed by atoms with Gasteiger partial charge in [0.05, 0.1) is 30.4 Å². The van der Waals surface area contributed by atoms with Gasteiger partial charge >= 0.3 is 12.4 Å². The van der Waals surface area contributed by atoms with Crippen molar-refractivity contribution >= 4 is 0 Å². The second-order valence-electron chi connectivity index (χ2n) is 9.09. The summed E-state index contributed by atoms with van der Waals surface area (Å²) in [6.45, 7) is 0.710. The molecule has 198 valence electrons. The summed E-state index contributed by atoms with van der Waals surface area (Å²) in [4.78, 5) is 15.7. The van der Waals surface area contributed by atoms with Gasteiger partial charge in [-0.3, -0.25) is 0 Å². The molecule has 3 rings (SSSR count). The Balaban J connectivity index is 1.88. The van der Waals surface area contributed by atoms with E-state index in [0.29, 0.717) is 12.1 Å². The van der Waals surface area contributed by atoms with Gasteiger partial charge in [0.15, 0.2) is 0 Å². The lowest BCUT2D eigenvalue weighted by atomic mass is 9.65. The molecule has 2 aromatic rings. The van der Waals surface area contributed by atoms with E-state index in [-0.39, 0.29) is 43.9 Å². The van der Waals surface area contributed by atoms with Gasteiger partial charge in [0, 0.05) is 5.41 Å². The second-order valence-corrected chi connectivity index (χ2v) is 9.09. The first-order chi connectivity index (χ1) is 16.7. The van der Waals surface area contributed by atoms with Crippen LogP contribution in [0.3, 0.4) is 0 Å². The van der Waals surface area contributed by atoms with Crippen LogP contribution < -0.4 is 0 Å². The molecule has 2 aromatic carbocycles. The average Bonchev–Trinajstić information content (AvgIpc) is 2.82. The average molecular weight is 521 g/mol. The zero-order valence-corrected chi connectivity index (χ0v) is 19.2. The fraction of sp³-hybridized carbons (Fsp3) is 0.500. The number of rotatable bonds is 8. The van der Waals surface area contributed by atoms with Crippen LogP contribution in [0.2, 0.25) is 0 Å². The van der Waals surface area contributed by atoms with Crippen molar-refractivity contribution < 1.29 is 46.1 Å². The van der Waals surface area contributed by atoms with Gasteiger partial charge in [-0.15, -0.1) is 10.1 Å². The number of aliphatic hydroxyl groups is 1. The molecule has 0 unspecified atom stereocenters. The topological polar surface area (TPSA) is 81.8 Å². The third-order valence-corrected chi connectivity index (χ3v) is 6.75. The summed E-state index contributed by atoms with van der Waals surface area (Å²) in [5, 5.41) is 19.7. The lowest BCUT2D eigenvalue weighted by molar-refractivity contribution is -0.783. The van der Waals surface area contributed by atoms with Gasteiger partial charge in [0.25, 0.3) is 5.09 Å². The first-order valence-corrected chi connectivity index (χ1v) is 11.1. The molecule has 12 heteroatoms. The predicted molar refractivity (Wildman–Crippen MR) is 115 cm³/mol. The van der Waals surface area contributed by atoms with E-state index in [0.717, 1.165) is 5.56 Å². The van der Waals surface area contributed by atoms with E-state index < -0.39 is 52.3 Å². The Morgan fingerprint density at radius 1 is 0.972 bits per heavy atom. The quantitative estimate of drug-likeness (QED) is 0.252. The minimum Gasteiger partial charge on any atom is -0.394 e. The Labute approximate surface area is 202 Å². The maximum Gasteiger partial charge on any atom is 0.416 e. The maximum absolute atomic E-state index is 13.3. The highest BCUT2D eigenvalue weighted by Gasteiger charge is 2.46. The highest BCUT2D eigenvalue weighted by Crippen LogP contribution is 2.46. The van der Waals surface area contributed by atoms with Gasteiger partial charge in [-0.05, 0) is 61.9 Å². The molecule has 0 aliphatic heterocycles. The number of hydrogen-bond acceptors (Lipinski definition) is 5. The van der Waals surface area contributed by atoms with Crippen LogP contribution in [0.15, 0.2) is 48.5 Å². The summed E-state index contributed by atoms with van der Waals surface area (Å²) in [5.41, 5.74) is -4.48. The van der Waals surface area contributed by atoms with Crippen LogP contribution in [0.4, 0.5) is 26.3 Å². The van der Waals surface area contributed by atoms with Crippen LogP contribution in [0.1, 0.15) is 61.0 Å². The van der Waals surface area contributed by atoms with E-state index in [2.05, 4.69) is 0 Å². The third-order valence-electron chi connectivity index (χ3n) is 6.75. The van der Waals surface area contributed by atoms with Crippen molar-refractivity contribution in [2.45, 2.75) is 62.1 Å². The van der Waals surface area contributed by atoms with E-state index >= 15 is 0 Å². The molecule has 1 N–H and O–H groups in total. The van der Waals surface area contributed by atoms with E-state index in [1.165, 1.54) is 6.92 Å². The van der Waals surface area contributed by atoms with E-state index in [1.807, 2.05) is 0 Å². The minimum atomic E-state index is -4.98. The van der Waals surface area contributed by atoms with Crippen molar-refractivity contribution in [1.82, 2.24) is 0 Å². The summed E-state index contributed by atoms with van der Waals surface area (Å²) in [6.07, 6.45) is -10.3. The molecule has 1 atom stereocenters. The van der Waals surface area contributed by atoms with Crippen LogP contribution in [0, 0.1) is 10.1 Å². The molecule has 6 nitrogen and oxygen atoms in total. The van der Waals surface area contributed by atoms with E-state index in [1.54, 1.807) is 30.3 Å². The molecule has 0 aromatic heterocycles. The van der Waals surface area contributed by atoms with Crippen LogP contribution in [-0.2, 0) is 27.3 Å². The largest absolute Gasteiger partial charge is 0.416 e. The zero-order chi connectivity index (χ0) is 26.8. The molecule has 0 saturated heterocycles. The normalized spacial score (nSPS) is 23.8. The summed E-state index contributed by atoms with van der Waals surface area (Å²) in [7, 11) is 0. The van der Waals surface area contributed by atoms with Crippen LogP contribution >= 0.6 is 0 Å². The van der Waals surface area contributed by atoms with Gasteiger partial charge in [0.2, 0.25) is 0 Å². The number of benzene rings is 2. The van der Waals surface area contributed by atoms with Crippen molar-refractivity contribution in [2.75, 3.05) is 13.2 Å². The Bertz CT molecular complexity index is 1020. The molecule has 1 saturated carbocycles. The molecule has 1 aliphatic rings. The minimum absolute atomic E-state index is 0.0621. The monoisotopic (exact) mass is 521 g/mol. The van der Waals surface area contributed by atoms with Gasteiger partial charge in [-0.2, -0.15) is 26.3 Å². The molecule has 36 heavy (non-hydrogen) atoms. The van der Waals surface area contributed by atoms with E-state index in [9.17, 15) is 41.6 Å².